The predicted molar refractivity (Wildman–Crippen MR) is 122 cm³/mol. The summed E-state index contributed by atoms with van der Waals surface area (Å²) in [5, 5.41) is 9.47. The van der Waals surface area contributed by atoms with Crippen LogP contribution < -0.4 is 0 Å². The van der Waals surface area contributed by atoms with Crippen LogP contribution in [0.3, 0.4) is 0 Å². The maximum atomic E-state index is 12.5. The zero-order valence-corrected chi connectivity index (χ0v) is 20.9. The van der Waals surface area contributed by atoms with Gasteiger partial charge in [0.1, 0.15) is 6.16 Å². The second-order valence-electron chi connectivity index (χ2n) is 8.66. The summed E-state index contributed by atoms with van der Waals surface area (Å²) < 4.78 is 33.5. The van der Waals surface area contributed by atoms with Gasteiger partial charge < -0.3 is 23.6 Å². The molecule has 1 unspecified atom stereocenters. The smallest absolute Gasteiger partial charge is 0.337 e. The van der Waals surface area contributed by atoms with Crippen LogP contribution in [-0.4, -0.2) is 56.9 Å². The molecule has 1 N–H and O–H groups in total. The molecule has 0 aromatic heterocycles. The average molecular weight is 461 g/mol. The molecular weight excluding hydrogens is 419 g/mol. The van der Waals surface area contributed by atoms with Crippen LogP contribution in [0, 0.1) is 11.8 Å². The number of hydrogen-bond donors (Lipinski definition) is 1. The van der Waals surface area contributed by atoms with Gasteiger partial charge in [0.25, 0.3) is 0 Å². The van der Waals surface area contributed by atoms with Crippen LogP contribution in [0.5, 0.6) is 0 Å². The molecule has 0 radical (unpaired) electrons. The van der Waals surface area contributed by atoms with Gasteiger partial charge in [-0.05, 0) is 57.4 Å². The van der Waals surface area contributed by atoms with Crippen LogP contribution in [0.1, 0.15) is 59.8 Å². The first-order valence-corrected chi connectivity index (χ1v) is 12.8. The summed E-state index contributed by atoms with van der Waals surface area (Å²) in [5.74, 6) is -0.587. The van der Waals surface area contributed by atoms with Crippen LogP contribution in [0.25, 0.3) is 0 Å². The number of ether oxygens (including phenoxy) is 2. The largest absolute Gasteiger partial charge is 0.396 e. The fraction of sp³-hybridized carbons (Fsp3) is 0.783. The van der Waals surface area contributed by atoms with Crippen LogP contribution in [0.4, 0.5) is 0 Å². The van der Waals surface area contributed by atoms with E-state index in [1.165, 1.54) is 19.8 Å². The fourth-order valence-electron chi connectivity index (χ4n) is 3.60. The van der Waals surface area contributed by atoms with E-state index in [1.807, 2.05) is 13.0 Å². The first kappa shape index (κ1) is 28.2. The van der Waals surface area contributed by atoms with E-state index >= 15 is 0 Å². The molecule has 8 heteroatoms. The van der Waals surface area contributed by atoms with E-state index in [4.69, 9.17) is 18.5 Å². The lowest BCUT2D eigenvalue weighted by Crippen LogP contribution is -2.32. The summed E-state index contributed by atoms with van der Waals surface area (Å²) >= 11 is 0. The number of aliphatic hydroxyl groups is 1. The molecule has 1 fully saturated rings. The van der Waals surface area contributed by atoms with Crippen molar-refractivity contribution < 1.29 is 33.0 Å². The molecular formula is C23H41O7P. The number of carbonyl (C=O) groups excluding carboxylic acids is 1. The summed E-state index contributed by atoms with van der Waals surface area (Å²) in [6, 6.07) is 0. The molecule has 0 bridgehead atoms. The minimum Gasteiger partial charge on any atom is -0.396 e. The Morgan fingerprint density at radius 3 is 2.26 bits per heavy atom. The Kier molecular flexibility index (Phi) is 12.4. The van der Waals surface area contributed by atoms with E-state index in [0.717, 1.165) is 31.3 Å². The zero-order chi connectivity index (χ0) is 23.5. The van der Waals surface area contributed by atoms with E-state index in [0.29, 0.717) is 25.0 Å². The van der Waals surface area contributed by atoms with Crippen LogP contribution in [0.2, 0.25) is 0 Å². The lowest BCUT2D eigenvalue weighted by Gasteiger charge is -2.25. The van der Waals surface area contributed by atoms with Crippen molar-refractivity contribution >= 4 is 13.4 Å². The van der Waals surface area contributed by atoms with E-state index < -0.39 is 13.4 Å². The second kappa shape index (κ2) is 13.7. The monoisotopic (exact) mass is 460 g/mol. The van der Waals surface area contributed by atoms with Gasteiger partial charge in [-0.25, -0.2) is 0 Å². The number of ketones is 1. The van der Waals surface area contributed by atoms with E-state index in [2.05, 4.69) is 26.8 Å². The third-order valence-corrected chi connectivity index (χ3v) is 7.58. The number of hydrogen-bond acceptors (Lipinski definition) is 7. The van der Waals surface area contributed by atoms with Crippen molar-refractivity contribution in [2.24, 2.45) is 11.8 Å². The fourth-order valence-corrected chi connectivity index (χ4v) is 4.55. The van der Waals surface area contributed by atoms with Gasteiger partial charge in [0.05, 0.1) is 19.6 Å². The normalized spacial score (nSPS) is 18.6. The molecule has 1 aliphatic heterocycles. The van der Waals surface area contributed by atoms with Crippen LogP contribution in [0.15, 0.2) is 23.3 Å². The summed E-state index contributed by atoms with van der Waals surface area (Å²) in [7, 11) is -0.882. The minimum atomic E-state index is -3.41. The highest BCUT2D eigenvalue weighted by atomic mass is 31.2. The van der Waals surface area contributed by atoms with Crippen LogP contribution in [-0.2, 0) is 27.9 Å². The maximum absolute atomic E-state index is 12.5. The maximum Gasteiger partial charge on any atom is 0.337 e. The van der Waals surface area contributed by atoms with Gasteiger partial charge in [-0.2, -0.15) is 0 Å². The first-order chi connectivity index (χ1) is 14.6. The molecule has 0 amide bonds. The van der Waals surface area contributed by atoms with Crippen molar-refractivity contribution in [3.63, 3.8) is 0 Å². The van der Waals surface area contributed by atoms with Gasteiger partial charge in [0, 0.05) is 20.8 Å². The van der Waals surface area contributed by atoms with E-state index in [1.54, 1.807) is 0 Å². The molecule has 1 aliphatic rings. The lowest BCUT2D eigenvalue weighted by atomic mass is 9.90. The number of allylic oxidation sites excluding steroid dienone is 3. The molecule has 0 aliphatic carbocycles. The molecule has 0 saturated carbocycles. The molecule has 1 rings (SSSR count). The molecule has 0 spiro atoms. The molecule has 0 aromatic rings. The van der Waals surface area contributed by atoms with Crippen molar-refractivity contribution in [3.8, 4) is 0 Å². The van der Waals surface area contributed by atoms with Gasteiger partial charge in [-0.3, -0.25) is 9.36 Å². The Morgan fingerprint density at radius 1 is 1.13 bits per heavy atom. The Morgan fingerprint density at radius 2 is 1.74 bits per heavy atom. The Hall–Kier alpha value is -0.820. The lowest BCUT2D eigenvalue weighted by molar-refractivity contribution is -0.143. The Balaban J connectivity index is 2.65. The third-order valence-electron chi connectivity index (χ3n) is 5.73. The molecule has 1 heterocycles. The van der Waals surface area contributed by atoms with Gasteiger partial charge in [-0.15, -0.1) is 0 Å². The molecule has 0 aromatic carbocycles. The van der Waals surface area contributed by atoms with Crippen LogP contribution >= 0.6 is 7.60 Å². The van der Waals surface area contributed by atoms with E-state index in [9.17, 15) is 14.5 Å². The zero-order valence-electron chi connectivity index (χ0n) is 20.0. The minimum absolute atomic E-state index is 0.0341. The standard InChI is InChI=1S/C23H41O7P/c1-18(2)21(16-24)11-10-19(3)8-7-9-20(4)14-23(29-12-13-30-23)15-22(25)17-31(26,27-5)28-6/h8,14,18,21,24H,7,9-13,15-17H2,1-6H3/b19-8+,20-14+. The average Bonchev–Trinajstić information content (AvgIpc) is 3.15. The highest BCUT2D eigenvalue weighted by Gasteiger charge is 2.39. The summed E-state index contributed by atoms with van der Waals surface area (Å²) in [6.45, 7) is 9.46. The highest BCUT2D eigenvalue weighted by molar-refractivity contribution is 7.54. The first-order valence-electron chi connectivity index (χ1n) is 11.0. The highest BCUT2D eigenvalue weighted by Crippen LogP contribution is 2.46. The quantitative estimate of drug-likeness (QED) is 0.275. The van der Waals surface area contributed by atoms with Crippen molar-refractivity contribution in [3.05, 3.63) is 23.3 Å². The van der Waals surface area contributed by atoms with Gasteiger partial charge in [-0.1, -0.05) is 31.1 Å². The summed E-state index contributed by atoms with van der Waals surface area (Å²) in [5.41, 5.74) is 2.39. The number of Topliss-reactive ketones (excluding diaryl/α,β-unsaturated/α-hetero) is 1. The third kappa shape index (κ3) is 10.1. The van der Waals surface area contributed by atoms with Crippen molar-refractivity contribution in [1.29, 1.82) is 0 Å². The SMILES string of the molecule is COP(=O)(CC(=O)CC1(/C=C(\C)CC/C=C(\C)CCC(CO)C(C)C)OCCO1)OC. The van der Waals surface area contributed by atoms with Gasteiger partial charge in [0.2, 0.25) is 0 Å². The Labute approximate surface area is 187 Å². The molecule has 180 valence electrons. The number of aliphatic hydroxyl groups excluding tert-OH is 1. The van der Waals surface area contributed by atoms with Crippen molar-refractivity contribution in [2.45, 2.75) is 65.6 Å². The van der Waals surface area contributed by atoms with Gasteiger partial charge >= 0.3 is 7.60 Å². The predicted octanol–water partition coefficient (Wildman–Crippen LogP) is 4.89. The topological polar surface area (TPSA) is 91.3 Å². The molecule has 31 heavy (non-hydrogen) atoms. The number of rotatable bonds is 15. The van der Waals surface area contributed by atoms with Gasteiger partial charge in [0.15, 0.2) is 11.6 Å². The molecule has 1 atom stereocenters. The van der Waals surface area contributed by atoms with Crippen molar-refractivity contribution in [2.75, 3.05) is 40.2 Å². The molecule has 1 saturated heterocycles. The Bertz CT molecular complexity index is 655. The van der Waals surface area contributed by atoms with Crippen molar-refractivity contribution in [1.82, 2.24) is 0 Å². The summed E-state index contributed by atoms with van der Waals surface area (Å²) in [6.07, 6.45) is 7.43. The summed E-state index contributed by atoms with van der Waals surface area (Å²) in [4.78, 5) is 12.5. The molecule has 7 nitrogen and oxygen atoms in total. The number of carbonyl (C=O) groups is 1. The second-order valence-corrected chi connectivity index (χ2v) is 10.9. The van der Waals surface area contributed by atoms with E-state index in [-0.39, 0.29) is 25.0 Å².